The van der Waals surface area contributed by atoms with Gasteiger partial charge in [0.1, 0.15) is 0 Å². The highest BCUT2D eigenvalue weighted by Gasteiger charge is 1.94. The summed E-state index contributed by atoms with van der Waals surface area (Å²) in [5.74, 6) is 0. The van der Waals surface area contributed by atoms with Crippen LogP contribution < -0.4 is 16.4 Å². The van der Waals surface area contributed by atoms with Crippen molar-refractivity contribution < 1.29 is 4.28 Å². The normalized spacial score (nSPS) is 9.58. The van der Waals surface area contributed by atoms with E-state index in [1.54, 1.807) is 0 Å². The molecule has 0 aliphatic carbocycles. The van der Waals surface area contributed by atoms with Gasteiger partial charge in [-0.05, 0) is 43.6 Å². The zero-order chi connectivity index (χ0) is 15.2. The minimum atomic E-state index is 0. The van der Waals surface area contributed by atoms with Crippen molar-refractivity contribution in [3.63, 3.8) is 0 Å². The van der Waals surface area contributed by atoms with Crippen LogP contribution in [0.3, 0.4) is 0 Å². The largest absolute Gasteiger partial charge is 0.326 e. The molecule has 0 aromatic heterocycles. The highest BCUT2D eigenvalue weighted by atomic mass is 14.9. The van der Waals surface area contributed by atoms with E-state index in [1.807, 2.05) is 0 Å². The summed E-state index contributed by atoms with van der Waals surface area (Å²) in [6, 6.07) is 8.53. The fourth-order valence-electron chi connectivity index (χ4n) is 2.34. The molecule has 0 fully saturated rings. The highest BCUT2D eigenvalue weighted by Crippen LogP contribution is 2.03. The first-order valence-electron chi connectivity index (χ1n) is 8.56. The average Bonchev–Trinajstić information content (AvgIpc) is 2.53. The molecule has 150 valence electrons. The molecule has 0 aliphatic rings. The molecular formula is C21H51N3. The second-order valence-electron chi connectivity index (χ2n) is 5.72. The smallest absolute Gasteiger partial charge is 0.0205 e. The van der Waals surface area contributed by atoms with Gasteiger partial charge in [-0.1, -0.05) is 79.2 Å². The third kappa shape index (κ3) is 14.7. The molecule has 1 aromatic rings. The summed E-state index contributed by atoms with van der Waals surface area (Å²) in [6.45, 7) is 7.19. The van der Waals surface area contributed by atoms with Crippen LogP contribution in [-0.4, -0.2) is 19.6 Å². The second-order valence-corrected chi connectivity index (χ2v) is 5.72. The second kappa shape index (κ2) is 20.1. The molecule has 4 N–H and O–H groups in total. The van der Waals surface area contributed by atoms with Gasteiger partial charge < -0.3 is 16.4 Å². The predicted molar refractivity (Wildman–Crippen MR) is 119 cm³/mol. The number of rotatable bonds is 13. The Morgan fingerprint density at radius 1 is 0.750 bits per heavy atom. The number of unbranched alkanes of at least 4 members (excludes halogenated alkanes) is 4. The van der Waals surface area contributed by atoms with Crippen molar-refractivity contribution in [2.75, 3.05) is 19.6 Å². The van der Waals surface area contributed by atoms with Gasteiger partial charge in [-0.15, -0.1) is 0 Å². The lowest BCUT2D eigenvalue weighted by Crippen LogP contribution is -2.22. The van der Waals surface area contributed by atoms with E-state index in [2.05, 4.69) is 41.8 Å². The standard InChI is InChI=1S/C18H33N3.3CH4.3H2/c1-2-3-4-5-6-12-20-13-7-14-21-16-18-10-8-17(15-19)9-11-18;;;;;;/h8-11,20-21H,2-7,12-16,19H2,1H3;3*1H4;3*1H. The van der Waals surface area contributed by atoms with Crippen molar-refractivity contribution in [2.45, 2.75) is 80.8 Å². The van der Waals surface area contributed by atoms with Gasteiger partial charge in [0.15, 0.2) is 0 Å². The molecule has 0 bridgehead atoms. The Kier molecular flexibility index (Phi) is 23.4. The van der Waals surface area contributed by atoms with E-state index in [0.717, 1.165) is 19.6 Å². The lowest BCUT2D eigenvalue weighted by Gasteiger charge is -2.07. The van der Waals surface area contributed by atoms with Gasteiger partial charge in [-0.3, -0.25) is 0 Å². The van der Waals surface area contributed by atoms with Gasteiger partial charge >= 0.3 is 0 Å². The Labute approximate surface area is 157 Å². The van der Waals surface area contributed by atoms with E-state index in [1.165, 1.54) is 56.2 Å². The lowest BCUT2D eigenvalue weighted by molar-refractivity contribution is 0.558. The number of benzene rings is 1. The van der Waals surface area contributed by atoms with Gasteiger partial charge in [0.2, 0.25) is 0 Å². The molecule has 1 aromatic carbocycles. The topological polar surface area (TPSA) is 50.1 Å². The molecule has 0 saturated heterocycles. The van der Waals surface area contributed by atoms with Crippen LogP contribution in [-0.2, 0) is 13.1 Å². The summed E-state index contributed by atoms with van der Waals surface area (Å²) in [7, 11) is 0. The third-order valence-corrected chi connectivity index (χ3v) is 3.75. The van der Waals surface area contributed by atoms with E-state index < -0.39 is 0 Å². The molecule has 0 saturated carbocycles. The van der Waals surface area contributed by atoms with E-state index in [-0.39, 0.29) is 26.6 Å². The molecule has 24 heavy (non-hydrogen) atoms. The van der Waals surface area contributed by atoms with E-state index in [4.69, 9.17) is 5.73 Å². The molecule has 0 unspecified atom stereocenters. The molecule has 1 rings (SSSR count). The zero-order valence-electron chi connectivity index (χ0n) is 13.7. The number of nitrogens with one attached hydrogen (secondary N) is 2. The van der Waals surface area contributed by atoms with E-state index in [9.17, 15) is 0 Å². The van der Waals surface area contributed by atoms with Gasteiger partial charge in [-0.25, -0.2) is 0 Å². The van der Waals surface area contributed by atoms with Gasteiger partial charge in [-0.2, -0.15) is 0 Å². The minimum Gasteiger partial charge on any atom is -0.326 e. The first kappa shape index (κ1) is 27.9. The Morgan fingerprint density at radius 2 is 1.29 bits per heavy atom. The number of hydrogen-bond donors (Lipinski definition) is 3. The maximum Gasteiger partial charge on any atom is 0.0205 e. The van der Waals surface area contributed by atoms with Crippen LogP contribution in [0.2, 0.25) is 0 Å². The summed E-state index contributed by atoms with van der Waals surface area (Å²) in [5, 5.41) is 7.01. The van der Waals surface area contributed by atoms with Gasteiger partial charge in [0, 0.05) is 17.4 Å². The molecule has 0 amide bonds. The highest BCUT2D eigenvalue weighted by molar-refractivity contribution is 5.22. The van der Waals surface area contributed by atoms with E-state index >= 15 is 0 Å². The molecule has 0 spiro atoms. The summed E-state index contributed by atoms with van der Waals surface area (Å²) in [4.78, 5) is 0. The molecule has 0 atom stereocenters. The first-order chi connectivity index (χ1) is 10.4. The predicted octanol–water partition coefficient (Wildman–Crippen LogP) is 5.83. The minimum absolute atomic E-state index is 0. The molecule has 3 nitrogen and oxygen atoms in total. The van der Waals surface area contributed by atoms with Crippen LogP contribution in [0.4, 0.5) is 0 Å². The van der Waals surface area contributed by atoms with Crippen molar-refractivity contribution in [1.29, 1.82) is 0 Å². The Hall–Kier alpha value is -0.900. The summed E-state index contributed by atoms with van der Waals surface area (Å²) >= 11 is 0. The molecular weight excluding hydrogens is 294 g/mol. The third-order valence-electron chi connectivity index (χ3n) is 3.75. The Morgan fingerprint density at radius 3 is 1.92 bits per heavy atom. The van der Waals surface area contributed by atoms with Crippen molar-refractivity contribution in [3.05, 3.63) is 35.4 Å². The lowest BCUT2D eigenvalue weighted by atomic mass is 10.1. The molecule has 0 heterocycles. The van der Waals surface area contributed by atoms with Gasteiger partial charge in [0.05, 0.1) is 0 Å². The van der Waals surface area contributed by atoms with Crippen molar-refractivity contribution in [3.8, 4) is 0 Å². The maximum absolute atomic E-state index is 5.59. The molecule has 3 heteroatoms. The number of hydrogen-bond acceptors (Lipinski definition) is 3. The van der Waals surface area contributed by atoms with Crippen molar-refractivity contribution >= 4 is 0 Å². The fraction of sp³-hybridized carbons (Fsp3) is 0.714. The average molecular weight is 346 g/mol. The van der Waals surface area contributed by atoms with Crippen LogP contribution in [0, 0.1) is 0 Å². The van der Waals surface area contributed by atoms with Gasteiger partial charge in [0.25, 0.3) is 0 Å². The summed E-state index contributed by atoms with van der Waals surface area (Å²) in [6.07, 6.45) is 7.99. The van der Waals surface area contributed by atoms with Crippen LogP contribution >= 0.6 is 0 Å². The molecule has 0 aliphatic heterocycles. The monoisotopic (exact) mass is 345 g/mol. The fourth-order valence-corrected chi connectivity index (χ4v) is 2.34. The molecule has 0 radical (unpaired) electrons. The van der Waals surface area contributed by atoms with Crippen LogP contribution in [0.25, 0.3) is 0 Å². The van der Waals surface area contributed by atoms with Crippen LogP contribution in [0.15, 0.2) is 24.3 Å². The quantitative estimate of drug-likeness (QED) is 0.394. The van der Waals surface area contributed by atoms with Crippen LogP contribution in [0.1, 0.15) is 83.1 Å². The Balaban J connectivity index is -0.000000184. The summed E-state index contributed by atoms with van der Waals surface area (Å²) < 4.78 is 0. The zero-order valence-corrected chi connectivity index (χ0v) is 13.7. The van der Waals surface area contributed by atoms with Crippen molar-refractivity contribution in [1.82, 2.24) is 10.6 Å². The number of nitrogens with two attached hydrogens (primary N) is 1. The Bertz CT molecular complexity index is 349. The SMILES string of the molecule is C.C.C.CCCCCCCNCCCNCc1ccc(CN)cc1.[HH].[HH].[HH]. The first-order valence-corrected chi connectivity index (χ1v) is 8.56. The van der Waals surface area contributed by atoms with E-state index in [0.29, 0.717) is 6.54 Å². The summed E-state index contributed by atoms with van der Waals surface area (Å²) in [5.41, 5.74) is 8.12. The maximum atomic E-state index is 5.59. The van der Waals surface area contributed by atoms with Crippen LogP contribution in [0.5, 0.6) is 0 Å². The van der Waals surface area contributed by atoms with Crippen molar-refractivity contribution in [2.24, 2.45) is 5.73 Å².